The van der Waals surface area contributed by atoms with Gasteiger partial charge >= 0.3 is 0 Å². The molecule has 0 saturated carbocycles. The number of carbonyl (C=O) groups is 1. The second kappa shape index (κ2) is 8.23. The van der Waals surface area contributed by atoms with Crippen molar-refractivity contribution < 1.29 is 13.2 Å². The molecule has 3 aromatic rings. The van der Waals surface area contributed by atoms with Gasteiger partial charge in [-0.2, -0.15) is 0 Å². The second-order valence-electron chi connectivity index (χ2n) is 7.18. The van der Waals surface area contributed by atoms with Gasteiger partial charge in [-0.15, -0.1) is 0 Å². The van der Waals surface area contributed by atoms with Crippen molar-refractivity contribution >= 4 is 38.1 Å². The van der Waals surface area contributed by atoms with Crippen LogP contribution >= 0.6 is 0 Å². The molecule has 0 aliphatic rings. The lowest BCUT2D eigenvalue weighted by Crippen LogP contribution is -2.32. The first-order valence-corrected chi connectivity index (χ1v) is 10.7. The number of sulfonamides is 1. The summed E-state index contributed by atoms with van der Waals surface area (Å²) in [5, 5.41) is 8.13. The third-order valence-corrected chi connectivity index (χ3v) is 6.70. The minimum atomic E-state index is -3.56. The van der Waals surface area contributed by atoms with Crippen LogP contribution in [0.2, 0.25) is 0 Å². The van der Waals surface area contributed by atoms with Gasteiger partial charge in [0.1, 0.15) is 6.04 Å². The number of anilines is 2. The van der Waals surface area contributed by atoms with Crippen LogP contribution in [0.4, 0.5) is 11.4 Å². The fourth-order valence-corrected chi connectivity index (χ4v) is 4.14. The smallest absolute Gasteiger partial charge is 0.246 e. The molecule has 0 heterocycles. The highest BCUT2D eigenvalue weighted by molar-refractivity contribution is 7.89. The van der Waals surface area contributed by atoms with Crippen LogP contribution in [-0.4, -0.2) is 38.8 Å². The standard InChI is InChI=1S/C22H25N3O3S/c1-15-9-11-20(14-21(15)29(27,28)25(3)4)23-16(2)22(26)24-19-12-10-17-7-5-6-8-18(17)13-19/h5-14,16,23H,1-4H3,(H,24,26)/t16-/m0/s1. The fourth-order valence-electron chi connectivity index (χ4n) is 3.00. The molecule has 3 rings (SSSR count). The molecular weight excluding hydrogens is 386 g/mol. The Hall–Kier alpha value is -2.90. The van der Waals surface area contributed by atoms with Crippen molar-refractivity contribution in [1.29, 1.82) is 0 Å². The monoisotopic (exact) mass is 411 g/mol. The second-order valence-corrected chi connectivity index (χ2v) is 9.31. The number of aryl methyl sites for hydroxylation is 1. The number of carbonyl (C=O) groups excluding carboxylic acids is 1. The van der Waals surface area contributed by atoms with Crippen molar-refractivity contribution in [3.63, 3.8) is 0 Å². The quantitative estimate of drug-likeness (QED) is 0.646. The Morgan fingerprint density at radius 3 is 2.28 bits per heavy atom. The largest absolute Gasteiger partial charge is 0.374 e. The molecule has 3 aromatic carbocycles. The van der Waals surface area contributed by atoms with E-state index in [1.165, 1.54) is 18.4 Å². The van der Waals surface area contributed by atoms with Gasteiger partial charge in [-0.05, 0) is 54.4 Å². The van der Waals surface area contributed by atoms with Gasteiger partial charge in [0, 0.05) is 25.5 Å². The van der Waals surface area contributed by atoms with E-state index in [4.69, 9.17) is 0 Å². The van der Waals surface area contributed by atoms with Crippen molar-refractivity contribution in [3.05, 3.63) is 66.2 Å². The first-order valence-electron chi connectivity index (χ1n) is 9.28. The number of rotatable bonds is 6. The van der Waals surface area contributed by atoms with E-state index in [9.17, 15) is 13.2 Å². The lowest BCUT2D eigenvalue weighted by atomic mass is 10.1. The number of hydrogen-bond donors (Lipinski definition) is 2. The lowest BCUT2D eigenvalue weighted by Gasteiger charge is -2.18. The summed E-state index contributed by atoms with van der Waals surface area (Å²) in [7, 11) is -0.574. The molecule has 0 bridgehead atoms. The molecule has 0 aliphatic heterocycles. The topological polar surface area (TPSA) is 78.5 Å². The van der Waals surface area contributed by atoms with Crippen LogP contribution in [-0.2, 0) is 14.8 Å². The number of fused-ring (bicyclic) bond motifs is 1. The van der Waals surface area contributed by atoms with Crippen LogP contribution in [0.1, 0.15) is 12.5 Å². The van der Waals surface area contributed by atoms with E-state index in [1.54, 1.807) is 32.0 Å². The molecule has 7 heteroatoms. The summed E-state index contributed by atoms with van der Waals surface area (Å²) >= 11 is 0. The average Bonchev–Trinajstić information content (AvgIpc) is 2.69. The predicted molar refractivity (Wildman–Crippen MR) is 118 cm³/mol. The summed E-state index contributed by atoms with van der Waals surface area (Å²) in [6, 6.07) is 18.2. The molecule has 0 unspecified atom stereocenters. The molecule has 29 heavy (non-hydrogen) atoms. The molecule has 6 nitrogen and oxygen atoms in total. The van der Waals surface area contributed by atoms with Crippen LogP contribution in [0.25, 0.3) is 10.8 Å². The highest BCUT2D eigenvalue weighted by Gasteiger charge is 2.21. The number of amides is 1. The van der Waals surface area contributed by atoms with Crippen LogP contribution in [0.3, 0.4) is 0 Å². The van der Waals surface area contributed by atoms with Crippen LogP contribution < -0.4 is 10.6 Å². The Labute approximate surface area is 171 Å². The van der Waals surface area contributed by atoms with E-state index in [-0.39, 0.29) is 10.8 Å². The van der Waals surface area contributed by atoms with Crippen LogP contribution in [0.15, 0.2) is 65.6 Å². The van der Waals surface area contributed by atoms with E-state index >= 15 is 0 Å². The third-order valence-electron chi connectivity index (χ3n) is 4.74. The Kier molecular flexibility index (Phi) is 5.91. The van der Waals surface area contributed by atoms with Gasteiger partial charge in [-0.3, -0.25) is 4.79 Å². The maximum atomic E-state index is 12.6. The zero-order valence-electron chi connectivity index (χ0n) is 16.9. The van der Waals surface area contributed by atoms with Crippen molar-refractivity contribution in [2.75, 3.05) is 24.7 Å². The normalized spacial score (nSPS) is 12.7. The van der Waals surface area contributed by atoms with Gasteiger partial charge in [0.25, 0.3) is 0 Å². The number of benzene rings is 3. The van der Waals surface area contributed by atoms with Gasteiger partial charge in [0.2, 0.25) is 15.9 Å². The van der Waals surface area contributed by atoms with E-state index in [0.29, 0.717) is 16.9 Å². The molecule has 0 fully saturated rings. The Bertz CT molecular complexity index is 1160. The summed E-state index contributed by atoms with van der Waals surface area (Å²) < 4.78 is 26.2. The maximum Gasteiger partial charge on any atom is 0.246 e. The SMILES string of the molecule is Cc1ccc(N[C@@H](C)C(=O)Nc2ccc3ccccc3c2)cc1S(=O)(=O)N(C)C. The molecule has 0 spiro atoms. The lowest BCUT2D eigenvalue weighted by molar-refractivity contribution is -0.116. The van der Waals surface area contributed by atoms with E-state index in [2.05, 4.69) is 10.6 Å². The Balaban J connectivity index is 1.75. The van der Waals surface area contributed by atoms with Crippen molar-refractivity contribution in [3.8, 4) is 0 Å². The summed E-state index contributed by atoms with van der Waals surface area (Å²) in [5.41, 5.74) is 1.93. The third kappa shape index (κ3) is 4.58. The van der Waals surface area contributed by atoms with E-state index < -0.39 is 16.1 Å². The molecule has 1 atom stereocenters. The fraction of sp³-hybridized carbons (Fsp3) is 0.227. The summed E-state index contributed by atoms with van der Waals surface area (Å²) in [6.45, 7) is 3.48. The number of hydrogen-bond acceptors (Lipinski definition) is 4. The number of nitrogens with zero attached hydrogens (tertiary/aromatic N) is 1. The number of nitrogens with one attached hydrogen (secondary N) is 2. The van der Waals surface area contributed by atoms with Crippen molar-refractivity contribution in [1.82, 2.24) is 4.31 Å². The highest BCUT2D eigenvalue weighted by Crippen LogP contribution is 2.23. The molecule has 0 radical (unpaired) electrons. The first kappa shape index (κ1) is 20.8. The zero-order chi connectivity index (χ0) is 21.2. The minimum absolute atomic E-state index is 0.210. The predicted octanol–water partition coefficient (Wildman–Crippen LogP) is 3.84. The molecule has 0 aromatic heterocycles. The van der Waals surface area contributed by atoms with Gasteiger partial charge in [-0.25, -0.2) is 12.7 Å². The Morgan fingerprint density at radius 1 is 0.931 bits per heavy atom. The highest BCUT2D eigenvalue weighted by atomic mass is 32.2. The van der Waals surface area contributed by atoms with E-state index in [0.717, 1.165) is 10.8 Å². The first-order chi connectivity index (χ1) is 13.7. The van der Waals surface area contributed by atoms with Gasteiger partial charge in [0.15, 0.2) is 0 Å². The zero-order valence-corrected chi connectivity index (χ0v) is 17.7. The summed E-state index contributed by atoms with van der Waals surface area (Å²) in [5.74, 6) is -0.210. The van der Waals surface area contributed by atoms with Crippen molar-refractivity contribution in [2.24, 2.45) is 0 Å². The van der Waals surface area contributed by atoms with Crippen LogP contribution in [0, 0.1) is 6.92 Å². The molecular formula is C22H25N3O3S. The minimum Gasteiger partial charge on any atom is -0.374 e. The molecule has 0 saturated heterocycles. The van der Waals surface area contributed by atoms with Gasteiger partial charge < -0.3 is 10.6 Å². The maximum absolute atomic E-state index is 12.6. The molecule has 0 aliphatic carbocycles. The Morgan fingerprint density at radius 2 is 1.59 bits per heavy atom. The molecule has 2 N–H and O–H groups in total. The summed E-state index contributed by atoms with van der Waals surface area (Å²) in [4.78, 5) is 12.8. The van der Waals surface area contributed by atoms with Crippen molar-refractivity contribution in [2.45, 2.75) is 24.8 Å². The van der Waals surface area contributed by atoms with Gasteiger partial charge in [0.05, 0.1) is 4.90 Å². The molecule has 152 valence electrons. The summed E-state index contributed by atoms with van der Waals surface area (Å²) in [6.07, 6.45) is 0. The van der Waals surface area contributed by atoms with Crippen LogP contribution in [0.5, 0.6) is 0 Å². The molecule has 1 amide bonds. The van der Waals surface area contributed by atoms with Gasteiger partial charge in [-0.1, -0.05) is 36.4 Å². The van der Waals surface area contributed by atoms with E-state index in [1.807, 2.05) is 42.5 Å². The average molecular weight is 412 g/mol.